The van der Waals surface area contributed by atoms with E-state index in [1.807, 2.05) is 61.0 Å². The van der Waals surface area contributed by atoms with Gasteiger partial charge in [0.1, 0.15) is 10.2 Å². The molecule has 4 rings (SSSR count). The summed E-state index contributed by atoms with van der Waals surface area (Å²) >= 11 is 1.58. The highest BCUT2D eigenvalue weighted by Crippen LogP contribution is 2.27. The van der Waals surface area contributed by atoms with Crippen LogP contribution >= 0.6 is 11.3 Å². The van der Waals surface area contributed by atoms with Crippen molar-refractivity contribution >= 4 is 32.5 Å². The summed E-state index contributed by atoms with van der Waals surface area (Å²) in [6, 6.07) is 13.4. The molecular weight excluding hydrogens is 344 g/mol. The van der Waals surface area contributed by atoms with Crippen molar-refractivity contribution in [3.8, 4) is 5.69 Å². The van der Waals surface area contributed by atoms with Crippen molar-refractivity contribution in [2.75, 3.05) is 0 Å². The van der Waals surface area contributed by atoms with E-state index in [1.165, 1.54) is 0 Å². The summed E-state index contributed by atoms with van der Waals surface area (Å²) in [4.78, 5) is 28.5. The first-order valence-corrected chi connectivity index (χ1v) is 9.46. The Kier molecular flexibility index (Phi) is 3.84. The number of hydrogen-bond donors (Lipinski definition) is 0. The van der Waals surface area contributed by atoms with E-state index in [2.05, 4.69) is 13.8 Å². The molecule has 0 amide bonds. The molecule has 0 spiro atoms. The normalized spacial score (nSPS) is 11.7. The van der Waals surface area contributed by atoms with Crippen LogP contribution in [0.5, 0.6) is 0 Å². The molecule has 0 fully saturated rings. The lowest BCUT2D eigenvalue weighted by Gasteiger charge is -2.18. The van der Waals surface area contributed by atoms with Crippen molar-refractivity contribution in [3.05, 3.63) is 73.6 Å². The van der Waals surface area contributed by atoms with Gasteiger partial charge in [0.15, 0.2) is 0 Å². The Morgan fingerprint density at radius 3 is 2.38 bits per heavy atom. The van der Waals surface area contributed by atoms with Gasteiger partial charge in [-0.1, -0.05) is 32.0 Å². The summed E-state index contributed by atoms with van der Waals surface area (Å²) < 4.78 is 3.66. The molecule has 0 saturated carbocycles. The van der Waals surface area contributed by atoms with Crippen molar-refractivity contribution in [2.24, 2.45) is 7.05 Å². The Hall–Kier alpha value is -2.66. The van der Waals surface area contributed by atoms with Crippen molar-refractivity contribution in [2.45, 2.75) is 26.7 Å². The predicted octanol–water partition coefficient (Wildman–Crippen LogP) is 4.34. The molecular formula is C21H20N2O2S. The maximum Gasteiger partial charge on any atom is 0.268 e. The largest absolute Gasteiger partial charge is 0.335 e. The summed E-state index contributed by atoms with van der Waals surface area (Å²) in [5.74, 6) is 0.142. The van der Waals surface area contributed by atoms with Crippen molar-refractivity contribution in [3.63, 3.8) is 0 Å². The third-order valence-corrected chi connectivity index (χ3v) is 5.92. The molecule has 3 heterocycles. The van der Waals surface area contributed by atoms with Crippen LogP contribution in [0.3, 0.4) is 0 Å². The number of para-hydroxylation sites is 1. The number of pyridine rings is 2. The number of thiophene rings is 1. The number of benzene rings is 1. The standard InChI is InChI=1S/C21H20N2O2S/c1-12(2)16-11-17-18(20(25)23(16)14-8-6-5-7-9-14)19(24)15-10-13(3)26-21(15)22(17)4/h5-12H,1-4H3. The highest BCUT2D eigenvalue weighted by molar-refractivity contribution is 7.18. The number of nitrogens with zero attached hydrogens (tertiary/aromatic N) is 2. The van der Waals surface area contributed by atoms with Crippen LogP contribution in [0.4, 0.5) is 0 Å². The highest BCUT2D eigenvalue weighted by Gasteiger charge is 2.19. The summed E-state index contributed by atoms with van der Waals surface area (Å²) in [5.41, 5.74) is 1.96. The number of aromatic nitrogens is 2. The smallest absolute Gasteiger partial charge is 0.268 e. The number of fused-ring (bicyclic) bond motifs is 2. The molecule has 0 unspecified atom stereocenters. The van der Waals surface area contributed by atoms with Crippen molar-refractivity contribution in [1.82, 2.24) is 9.13 Å². The fraction of sp³-hybridized carbons (Fsp3) is 0.238. The van der Waals surface area contributed by atoms with Gasteiger partial charge < -0.3 is 4.57 Å². The van der Waals surface area contributed by atoms with Crippen LogP contribution in [0.1, 0.15) is 30.3 Å². The van der Waals surface area contributed by atoms with E-state index in [1.54, 1.807) is 15.9 Å². The van der Waals surface area contributed by atoms with Gasteiger partial charge in [0, 0.05) is 23.3 Å². The van der Waals surface area contributed by atoms with Gasteiger partial charge in [0.25, 0.3) is 5.56 Å². The van der Waals surface area contributed by atoms with E-state index in [0.29, 0.717) is 10.9 Å². The molecule has 0 aliphatic heterocycles. The second-order valence-corrected chi connectivity index (χ2v) is 8.16. The van der Waals surface area contributed by atoms with Gasteiger partial charge in [-0.3, -0.25) is 14.2 Å². The molecule has 4 aromatic rings. The maximum absolute atomic E-state index is 13.4. The van der Waals surface area contributed by atoms with Crippen molar-refractivity contribution < 1.29 is 0 Å². The van der Waals surface area contributed by atoms with Gasteiger partial charge in [-0.25, -0.2) is 0 Å². The van der Waals surface area contributed by atoms with E-state index in [9.17, 15) is 9.59 Å². The molecule has 1 aromatic carbocycles. The monoisotopic (exact) mass is 364 g/mol. The second kappa shape index (κ2) is 5.95. The third kappa shape index (κ3) is 2.35. The zero-order valence-electron chi connectivity index (χ0n) is 15.2. The zero-order chi connectivity index (χ0) is 18.6. The number of hydrogen-bond acceptors (Lipinski definition) is 3. The Balaban J connectivity index is 2.27. The molecule has 5 heteroatoms. The Bertz CT molecular complexity index is 1260. The van der Waals surface area contributed by atoms with Gasteiger partial charge in [0.05, 0.1) is 10.9 Å². The van der Waals surface area contributed by atoms with E-state index >= 15 is 0 Å². The zero-order valence-corrected chi connectivity index (χ0v) is 16.1. The van der Waals surface area contributed by atoms with Gasteiger partial charge in [-0.2, -0.15) is 0 Å². The average molecular weight is 364 g/mol. The molecule has 0 aliphatic carbocycles. The summed E-state index contributed by atoms with van der Waals surface area (Å²) in [5, 5.41) is 0.877. The summed E-state index contributed by atoms with van der Waals surface area (Å²) in [7, 11) is 1.93. The van der Waals surface area contributed by atoms with E-state index in [-0.39, 0.29) is 22.3 Å². The van der Waals surface area contributed by atoms with E-state index in [0.717, 1.165) is 21.1 Å². The van der Waals surface area contributed by atoms with Gasteiger partial charge in [-0.05, 0) is 37.1 Å². The van der Waals surface area contributed by atoms with Gasteiger partial charge in [-0.15, -0.1) is 11.3 Å². The van der Waals surface area contributed by atoms with Crippen LogP contribution in [0, 0.1) is 6.92 Å². The van der Waals surface area contributed by atoms with Gasteiger partial charge >= 0.3 is 0 Å². The summed E-state index contributed by atoms with van der Waals surface area (Å²) in [6.07, 6.45) is 0. The average Bonchev–Trinajstić information content (AvgIpc) is 3.02. The van der Waals surface area contributed by atoms with Crippen LogP contribution in [0.2, 0.25) is 0 Å². The highest BCUT2D eigenvalue weighted by atomic mass is 32.1. The molecule has 0 radical (unpaired) electrons. The molecule has 0 N–H and O–H groups in total. The minimum Gasteiger partial charge on any atom is -0.335 e. The Morgan fingerprint density at radius 1 is 1.04 bits per heavy atom. The lowest BCUT2D eigenvalue weighted by Crippen LogP contribution is -2.28. The van der Waals surface area contributed by atoms with E-state index in [4.69, 9.17) is 0 Å². The predicted molar refractivity (Wildman–Crippen MR) is 109 cm³/mol. The maximum atomic E-state index is 13.4. The summed E-state index contributed by atoms with van der Waals surface area (Å²) in [6.45, 7) is 6.11. The van der Waals surface area contributed by atoms with Gasteiger partial charge in [0.2, 0.25) is 5.43 Å². The van der Waals surface area contributed by atoms with Crippen LogP contribution < -0.4 is 11.0 Å². The molecule has 4 nitrogen and oxygen atoms in total. The minimum absolute atomic E-state index is 0.142. The fourth-order valence-electron chi connectivity index (χ4n) is 3.52. The topological polar surface area (TPSA) is 44.0 Å². The third-order valence-electron chi connectivity index (χ3n) is 4.80. The number of aryl methyl sites for hydroxylation is 2. The lowest BCUT2D eigenvalue weighted by molar-refractivity contribution is 0.762. The fourth-order valence-corrected chi connectivity index (χ4v) is 4.50. The molecule has 132 valence electrons. The van der Waals surface area contributed by atoms with Crippen LogP contribution in [0.25, 0.3) is 26.8 Å². The minimum atomic E-state index is -0.247. The molecule has 0 atom stereocenters. The second-order valence-electron chi connectivity index (χ2n) is 6.92. The number of rotatable bonds is 2. The molecule has 0 aliphatic rings. The SMILES string of the molecule is Cc1cc2c(=O)c3c(=O)n(-c4ccccc4)c(C(C)C)cc3n(C)c2s1. The van der Waals surface area contributed by atoms with Crippen LogP contribution in [0.15, 0.2) is 52.1 Å². The van der Waals surface area contributed by atoms with Crippen molar-refractivity contribution in [1.29, 1.82) is 0 Å². The quantitative estimate of drug-likeness (QED) is 0.531. The molecule has 0 saturated heterocycles. The first-order valence-electron chi connectivity index (χ1n) is 8.64. The Morgan fingerprint density at radius 2 is 1.73 bits per heavy atom. The first kappa shape index (κ1) is 16.8. The lowest BCUT2D eigenvalue weighted by atomic mass is 10.1. The Labute approximate surface area is 154 Å². The first-order chi connectivity index (χ1) is 12.4. The van der Waals surface area contributed by atoms with Crippen LogP contribution in [-0.4, -0.2) is 9.13 Å². The van der Waals surface area contributed by atoms with E-state index < -0.39 is 0 Å². The molecule has 3 aromatic heterocycles. The molecule has 26 heavy (non-hydrogen) atoms. The molecule has 0 bridgehead atoms. The van der Waals surface area contributed by atoms with Crippen LogP contribution in [-0.2, 0) is 7.05 Å².